The van der Waals surface area contributed by atoms with Gasteiger partial charge in [0.1, 0.15) is 5.82 Å². The van der Waals surface area contributed by atoms with Gasteiger partial charge in [0.15, 0.2) is 0 Å². The van der Waals surface area contributed by atoms with Crippen molar-refractivity contribution in [3.05, 3.63) is 57.5 Å². The molecule has 2 aromatic rings. The SMILES string of the molecule is COCc1ccc(CNCc2ccccc2F)s1. The largest absolute Gasteiger partial charge is 0.379 e. The highest BCUT2D eigenvalue weighted by Gasteiger charge is 2.02. The van der Waals surface area contributed by atoms with Crippen LogP contribution in [0.3, 0.4) is 0 Å². The summed E-state index contributed by atoms with van der Waals surface area (Å²) in [5.41, 5.74) is 0.700. The van der Waals surface area contributed by atoms with E-state index in [-0.39, 0.29) is 5.82 Å². The van der Waals surface area contributed by atoms with E-state index < -0.39 is 0 Å². The minimum Gasteiger partial charge on any atom is -0.379 e. The van der Waals surface area contributed by atoms with E-state index >= 15 is 0 Å². The van der Waals surface area contributed by atoms with Crippen LogP contribution in [0.15, 0.2) is 36.4 Å². The van der Waals surface area contributed by atoms with Crippen LogP contribution in [0.2, 0.25) is 0 Å². The molecule has 0 atom stereocenters. The second-order valence-electron chi connectivity index (χ2n) is 4.00. The second kappa shape index (κ2) is 6.64. The van der Waals surface area contributed by atoms with Crippen molar-refractivity contribution >= 4 is 11.3 Å². The predicted octanol–water partition coefficient (Wildman–Crippen LogP) is 3.32. The Morgan fingerprint density at radius 2 is 1.89 bits per heavy atom. The van der Waals surface area contributed by atoms with Gasteiger partial charge in [-0.25, -0.2) is 4.39 Å². The molecule has 0 aliphatic carbocycles. The van der Waals surface area contributed by atoms with Gasteiger partial charge in [-0.05, 0) is 18.2 Å². The van der Waals surface area contributed by atoms with Crippen LogP contribution >= 0.6 is 11.3 Å². The Balaban J connectivity index is 1.83. The Morgan fingerprint density at radius 3 is 2.67 bits per heavy atom. The van der Waals surface area contributed by atoms with Crippen molar-refractivity contribution in [1.82, 2.24) is 5.32 Å². The van der Waals surface area contributed by atoms with Gasteiger partial charge < -0.3 is 10.1 Å². The smallest absolute Gasteiger partial charge is 0.127 e. The van der Waals surface area contributed by atoms with E-state index in [1.54, 1.807) is 30.6 Å². The third-order valence-electron chi connectivity index (χ3n) is 2.58. The average molecular weight is 265 g/mol. The first-order chi connectivity index (χ1) is 8.79. The molecule has 4 heteroatoms. The van der Waals surface area contributed by atoms with Crippen LogP contribution < -0.4 is 5.32 Å². The normalized spacial score (nSPS) is 10.8. The molecule has 1 aromatic heterocycles. The van der Waals surface area contributed by atoms with E-state index in [0.29, 0.717) is 18.7 Å². The summed E-state index contributed by atoms with van der Waals surface area (Å²) in [6, 6.07) is 11.0. The quantitative estimate of drug-likeness (QED) is 0.865. The summed E-state index contributed by atoms with van der Waals surface area (Å²) in [6.45, 7) is 1.95. The van der Waals surface area contributed by atoms with Crippen molar-refractivity contribution < 1.29 is 9.13 Å². The fraction of sp³-hybridized carbons (Fsp3) is 0.286. The zero-order valence-corrected chi connectivity index (χ0v) is 11.1. The van der Waals surface area contributed by atoms with Crippen molar-refractivity contribution in [2.75, 3.05) is 7.11 Å². The van der Waals surface area contributed by atoms with Crippen LogP contribution in [0, 0.1) is 5.82 Å². The highest BCUT2D eigenvalue weighted by Crippen LogP contribution is 2.17. The first kappa shape index (κ1) is 13.2. The number of nitrogens with one attached hydrogen (secondary N) is 1. The molecule has 18 heavy (non-hydrogen) atoms. The van der Waals surface area contributed by atoms with Gasteiger partial charge in [0.2, 0.25) is 0 Å². The Kier molecular flexibility index (Phi) is 4.87. The maximum atomic E-state index is 13.4. The first-order valence-corrected chi connectivity index (χ1v) is 6.62. The zero-order valence-electron chi connectivity index (χ0n) is 10.3. The molecule has 1 heterocycles. The topological polar surface area (TPSA) is 21.3 Å². The van der Waals surface area contributed by atoms with Crippen LogP contribution in [0.1, 0.15) is 15.3 Å². The molecule has 1 N–H and O–H groups in total. The average Bonchev–Trinajstić information content (AvgIpc) is 2.80. The van der Waals surface area contributed by atoms with E-state index in [0.717, 1.165) is 6.54 Å². The van der Waals surface area contributed by atoms with Crippen molar-refractivity contribution in [3.8, 4) is 0 Å². The molecular formula is C14H16FNOS. The lowest BCUT2D eigenvalue weighted by molar-refractivity contribution is 0.187. The Bertz CT molecular complexity index is 498. The fourth-order valence-corrected chi connectivity index (χ4v) is 2.66. The van der Waals surface area contributed by atoms with Crippen molar-refractivity contribution in [1.29, 1.82) is 0 Å². The van der Waals surface area contributed by atoms with Gasteiger partial charge in [-0.3, -0.25) is 0 Å². The van der Waals surface area contributed by atoms with Gasteiger partial charge in [-0.15, -0.1) is 11.3 Å². The van der Waals surface area contributed by atoms with E-state index in [4.69, 9.17) is 4.74 Å². The molecule has 2 rings (SSSR count). The number of benzene rings is 1. The summed E-state index contributed by atoms with van der Waals surface area (Å²) in [4.78, 5) is 2.44. The van der Waals surface area contributed by atoms with Crippen LogP contribution in [0.25, 0.3) is 0 Å². The Labute approximate surface area is 110 Å². The van der Waals surface area contributed by atoms with Crippen molar-refractivity contribution in [2.45, 2.75) is 19.7 Å². The molecule has 0 saturated carbocycles. The van der Waals surface area contributed by atoms with Gasteiger partial charge in [0, 0.05) is 35.5 Å². The number of thiophene rings is 1. The van der Waals surface area contributed by atoms with Crippen LogP contribution in [-0.4, -0.2) is 7.11 Å². The highest BCUT2D eigenvalue weighted by molar-refractivity contribution is 7.11. The lowest BCUT2D eigenvalue weighted by atomic mass is 10.2. The van der Waals surface area contributed by atoms with Crippen LogP contribution in [0.5, 0.6) is 0 Å². The molecule has 0 unspecified atom stereocenters. The van der Waals surface area contributed by atoms with Gasteiger partial charge in [0.05, 0.1) is 6.61 Å². The molecule has 0 aliphatic heterocycles. The molecule has 0 spiro atoms. The van der Waals surface area contributed by atoms with E-state index in [1.165, 1.54) is 15.8 Å². The fourth-order valence-electron chi connectivity index (χ4n) is 1.70. The number of halogens is 1. The minimum absolute atomic E-state index is 0.156. The molecule has 0 bridgehead atoms. The molecular weight excluding hydrogens is 249 g/mol. The highest BCUT2D eigenvalue weighted by atomic mass is 32.1. The molecule has 0 saturated heterocycles. The molecule has 0 aliphatic rings. The summed E-state index contributed by atoms with van der Waals surface area (Å²) in [5, 5.41) is 3.24. The summed E-state index contributed by atoms with van der Waals surface area (Å²) < 4.78 is 18.4. The third kappa shape index (κ3) is 3.63. The molecule has 0 radical (unpaired) electrons. The third-order valence-corrected chi connectivity index (χ3v) is 3.64. The lowest BCUT2D eigenvalue weighted by Crippen LogP contribution is -2.12. The number of hydrogen-bond acceptors (Lipinski definition) is 3. The summed E-state index contributed by atoms with van der Waals surface area (Å²) in [5.74, 6) is -0.156. The predicted molar refractivity (Wildman–Crippen MR) is 72.0 cm³/mol. The number of methoxy groups -OCH3 is 1. The van der Waals surface area contributed by atoms with Gasteiger partial charge in [-0.1, -0.05) is 18.2 Å². The van der Waals surface area contributed by atoms with E-state index in [9.17, 15) is 4.39 Å². The standard InChI is InChI=1S/C14H16FNOS/c1-17-10-13-7-6-12(18-13)9-16-8-11-4-2-3-5-14(11)15/h2-7,16H,8-10H2,1H3. The number of hydrogen-bond donors (Lipinski definition) is 1. The molecule has 96 valence electrons. The van der Waals surface area contributed by atoms with Crippen LogP contribution in [0.4, 0.5) is 4.39 Å². The Morgan fingerprint density at radius 1 is 1.11 bits per heavy atom. The van der Waals surface area contributed by atoms with Crippen molar-refractivity contribution in [3.63, 3.8) is 0 Å². The maximum Gasteiger partial charge on any atom is 0.127 e. The van der Waals surface area contributed by atoms with Gasteiger partial charge in [-0.2, -0.15) is 0 Å². The zero-order chi connectivity index (χ0) is 12.8. The lowest BCUT2D eigenvalue weighted by Gasteiger charge is -2.04. The van der Waals surface area contributed by atoms with E-state index in [2.05, 4.69) is 17.4 Å². The van der Waals surface area contributed by atoms with Crippen molar-refractivity contribution in [2.24, 2.45) is 0 Å². The maximum absolute atomic E-state index is 13.4. The number of ether oxygens (including phenoxy) is 1. The van der Waals surface area contributed by atoms with E-state index in [1.807, 2.05) is 6.07 Å². The second-order valence-corrected chi connectivity index (χ2v) is 5.25. The van der Waals surface area contributed by atoms with Crippen LogP contribution in [-0.2, 0) is 24.4 Å². The first-order valence-electron chi connectivity index (χ1n) is 5.80. The van der Waals surface area contributed by atoms with Gasteiger partial charge in [0.25, 0.3) is 0 Å². The number of rotatable bonds is 6. The molecule has 1 aromatic carbocycles. The summed E-state index contributed by atoms with van der Waals surface area (Å²) in [6.07, 6.45) is 0. The Hall–Kier alpha value is -1.23. The summed E-state index contributed by atoms with van der Waals surface area (Å²) >= 11 is 1.72. The molecule has 2 nitrogen and oxygen atoms in total. The minimum atomic E-state index is -0.156. The van der Waals surface area contributed by atoms with Gasteiger partial charge >= 0.3 is 0 Å². The molecule has 0 fully saturated rings. The molecule has 0 amide bonds. The summed E-state index contributed by atoms with van der Waals surface area (Å²) in [7, 11) is 1.69. The monoisotopic (exact) mass is 265 g/mol.